The van der Waals surface area contributed by atoms with Gasteiger partial charge in [0, 0.05) is 17.6 Å². The van der Waals surface area contributed by atoms with Crippen molar-refractivity contribution in [1.29, 1.82) is 0 Å². The van der Waals surface area contributed by atoms with E-state index in [9.17, 15) is 13.2 Å². The molecule has 1 aromatic carbocycles. The minimum absolute atomic E-state index is 0.0140. The van der Waals surface area contributed by atoms with E-state index in [1.165, 1.54) is 22.5 Å². The highest BCUT2D eigenvalue weighted by molar-refractivity contribution is 9.10. The molecule has 1 N–H and O–H groups in total. The van der Waals surface area contributed by atoms with E-state index in [1.54, 1.807) is 0 Å². The van der Waals surface area contributed by atoms with Gasteiger partial charge in [-0.3, -0.25) is 0 Å². The van der Waals surface area contributed by atoms with Crippen molar-refractivity contribution < 1.29 is 18.3 Å². The second-order valence-corrected chi connectivity index (χ2v) is 8.82. The molecule has 0 atom stereocenters. The van der Waals surface area contributed by atoms with Crippen LogP contribution in [-0.2, 0) is 10.0 Å². The molecule has 0 saturated carbocycles. The molecule has 7 heteroatoms. The number of aromatic carboxylic acids is 1. The van der Waals surface area contributed by atoms with Gasteiger partial charge in [-0.05, 0) is 52.4 Å². The maximum atomic E-state index is 12.8. The van der Waals surface area contributed by atoms with Crippen LogP contribution in [0.1, 0.15) is 37.0 Å². The molecule has 0 aromatic heterocycles. The Hall–Kier alpha value is -0.920. The number of rotatable bonds is 3. The highest BCUT2D eigenvalue weighted by atomic mass is 79.9. The van der Waals surface area contributed by atoms with Crippen LogP contribution in [0.25, 0.3) is 0 Å². The molecule has 0 unspecified atom stereocenters. The van der Waals surface area contributed by atoms with E-state index in [2.05, 4.69) is 15.9 Å². The minimum Gasteiger partial charge on any atom is -0.478 e. The van der Waals surface area contributed by atoms with Crippen molar-refractivity contribution >= 4 is 31.9 Å². The van der Waals surface area contributed by atoms with Crippen LogP contribution in [0.3, 0.4) is 0 Å². The molecule has 0 radical (unpaired) electrons. The molecule has 0 amide bonds. The third-order valence-electron chi connectivity index (χ3n) is 3.66. The second-order valence-electron chi connectivity index (χ2n) is 6.06. The van der Waals surface area contributed by atoms with Gasteiger partial charge in [-0.25, -0.2) is 13.2 Å². The third-order valence-corrected chi connectivity index (χ3v) is 6.50. The van der Waals surface area contributed by atoms with E-state index in [0.29, 0.717) is 17.6 Å². The van der Waals surface area contributed by atoms with E-state index < -0.39 is 16.0 Å². The fourth-order valence-corrected chi connectivity index (χ4v) is 5.17. The summed E-state index contributed by atoms with van der Waals surface area (Å²) in [6.07, 6.45) is 1.79. The van der Waals surface area contributed by atoms with Crippen LogP contribution in [0.15, 0.2) is 27.6 Å². The molecule has 0 bridgehead atoms. The minimum atomic E-state index is -3.70. The van der Waals surface area contributed by atoms with Crippen molar-refractivity contribution in [2.24, 2.45) is 5.41 Å². The number of carboxylic acid groups (broad SMARTS) is 1. The molecule has 1 aromatic rings. The summed E-state index contributed by atoms with van der Waals surface area (Å²) in [4.78, 5) is 11.1. The van der Waals surface area contributed by atoms with Gasteiger partial charge in [0.05, 0.1) is 10.5 Å². The molecule has 1 saturated heterocycles. The molecule has 1 fully saturated rings. The summed E-state index contributed by atoms with van der Waals surface area (Å²) in [7, 11) is -3.70. The van der Waals surface area contributed by atoms with E-state index in [1.807, 2.05) is 13.8 Å². The van der Waals surface area contributed by atoms with Crippen molar-refractivity contribution in [1.82, 2.24) is 4.31 Å². The number of sulfonamides is 1. The zero-order chi connectivity index (χ0) is 15.8. The van der Waals surface area contributed by atoms with Gasteiger partial charge in [-0.2, -0.15) is 4.31 Å². The van der Waals surface area contributed by atoms with Gasteiger partial charge in [0.15, 0.2) is 0 Å². The lowest BCUT2D eigenvalue weighted by molar-refractivity contribution is 0.0696. The fraction of sp³-hybridized carbons (Fsp3) is 0.500. The van der Waals surface area contributed by atoms with Crippen LogP contribution in [0.5, 0.6) is 0 Å². The maximum Gasteiger partial charge on any atom is 0.335 e. The average molecular weight is 376 g/mol. The van der Waals surface area contributed by atoms with Gasteiger partial charge in [-0.15, -0.1) is 0 Å². The fourth-order valence-electron chi connectivity index (χ4n) is 2.55. The van der Waals surface area contributed by atoms with Crippen LogP contribution in [0.4, 0.5) is 0 Å². The van der Waals surface area contributed by atoms with Gasteiger partial charge >= 0.3 is 5.97 Å². The van der Waals surface area contributed by atoms with Gasteiger partial charge in [0.2, 0.25) is 10.0 Å². The molecule has 1 heterocycles. The number of hydrogen-bond acceptors (Lipinski definition) is 3. The largest absolute Gasteiger partial charge is 0.478 e. The zero-order valence-electron chi connectivity index (χ0n) is 12.0. The number of carbonyl (C=O) groups is 1. The first-order valence-electron chi connectivity index (χ1n) is 6.66. The molecule has 116 valence electrons. The number of carboxylic acids is 1. The summed E-state index contributed by atoms with van der Waals surface area (Å²) in [6.45, 7) is 4.99. The summed E-state index contributed by atoms with van der Waals surface area (Å²) >= 11 is 3.21. The van der Waals surface area contributed by atoms with Crippen molar-refractivity contribution in [3.8, 4) is 0 Å². The average Bonchev–Trinajstić information content (AvgIpc) is 2.37. The molecule has 2 rings (SSSR count). The van der Waals surface area contributed by atoms with E-state index in [-0.39, 0.29) is 15.9 Å². The summed E-state index contributed by atoms with van der Waals surface area (Å²) in [5.41, 5.74) is -0.101. The Morgan fingerprint density at radius 1 is 1.38 bits per heavy atom. The first-order chi connectivity index (χ1) is 9.63. The quantitative estimate of drug-likeness (QED) is 0.880. The molecule has 21 heavy (non-hydrogen) atoms. The van der Waals surface area contributed by atoms with Crippen LogP contribution >= 0.6 is 15.9 Å². The van der Waals surface area contributed by atoms with Crippen molar-refractivity contribution in [2.75, 3.05) is 13.1 Å². The highest BCUT2D eigenvalue weighted by Crippen LogP contribution is 2.34. The topological polar surface area (TPSA) is 74.7 Å². The molecular formula is C14H18BrNO4S. The van der Waals surface area contributed by atoms with Gasteiger partial charge in [0.1, 0.15) is 0 Å². The lowest BCUT2D eigenvalue weighted by Crippen LogP contribution is -2.43. The van der Waals surface area contributed by atoms with E-state index in [4.69, 9.17) is 5.11 Å². The summed E-state index contributed by atoms with van der Waals surface area (Å²) in [6, 6.07) is 4.06. The molecular weight excluding hydrogens is 358 g/mol. The van der Waals surface area contributed by atoms with Crippen molar-refractivity contribution in [2.45, 2.75) is 31.6 Å². The Balaban J connectivity index is 2.44. The zero-order valence-corrected chi connectivity index (χ0v) is 14.4. The number of hydrogen-bond donors (Lipinski definition) is 1. The summed E-state index contributed by atoms with van der Waals surface area (Å²) in [5.74, 6) is -1.14. The lowest BCUT2D eigenvalue weighted by Gasteiger charge is -2.37. The monoisotopic (exact) mass is 375 g/mol. The van der Waals surface area contributed by atoms with Crippen LogP contribution < -0.4 is 0 Å². The second kappa shape index (κ2) is 5.70. The van der Waals surface area contributed by atoms with E-state index >= 15 is 0 Å². The van der Waals surface area contributed by atoms with Crippen molar-refractivity contribution in [3.05, 3.63) is 28.2 Å². The summed E-state index contributed by atoms with van der Waals surface area (Å²) in [5, 5.41) is 9.04. The molecule has 5 nitrogen and oxygen atoms in total. The van der Waals surface area contributed by atoms with E-state index in [0.717, 1.165) is 12.8 Å². The van der Waals surface area contributed by atoms with Gasteiger partial charge in [-0.1, -0.05) is 13.8 Å². The maximum absolute atomic E-state index is 12.8. The number of benzene rings is 1. The number of halogens is 1. The molecule has 1 aliphatic rings. The smallest absolute Gasteiger partial charge is 0.335 e. The van der Waals surface area contributed by atoms with Crippen LogP contribution in [-0.4, -0.2) is 36.9 Å². The normalized spacial score (nSPS) is 19.4. The Morgan fingerprint density at radius 2 is 2.05 bits per heavy atom. The lowest BCUT2D eigenvalue weighted by atomic mass is 9.85. The Labute approximate surface area is 133 Å². The Kier molecular flexibility index (Phi) is 4.46. The Morgan fingerprint density at radius 3 is 2.62 bits per heavy atom. The third kappa shape index (κ3) is 3.46. The Bertz CT molecular complexity index is 670. The first kappa shape index (κ1) is 16.5. The standard InChI is InChI=1S/C14H18BrNO4S/c1-14(2)6-3-7-16(9-14)21(19,20)12-8-10(13(17)18)4-5-11(12)15/h4-5,8H,3,6-7,9H2,1-2H3,(H,17,18). The van der Waals surface area contributed by atoms with Crippen molar-refractivity contribution in [3.63, 3.8) is 0 Å². The van der Waals surface area contributed by atoms with Crippen LogP contribution in [0.2, 0.25) is 0 Å². The number of nitrogens with zero attached hydrogens (tertiary/aromatic N) is 1. The molecule has 1 aliphatic heterocycles. The SMILES string of the molecule is CC1(C)CCCN(S(=O)(=O)c2cc(C(=O)O)ccc2Br)C1. The first-order valence-corrected chi connectivity index (χ1v) is 8.90. The predicted molar refractivity (Wildman–Crippen MR) is 82.9 cm³/mol. The predicted octanol–water partition coefficient (Wildman–Crippen LogP) is 2.96. The highest BCUT2D eigenvalue weighted by Gasteiger charge is 2.35. The molecule has 0 spiro atoms. The van der Waals surface area contributed by atoms with Gasteiger partial charge < -0.3 is 5.11 Å². The summed E-state index contributed by atoms with van der Waals surface area (Å²) < 4.78 is 27.4. The van der Waals surface area contributed by atoms with Crippen LogP contribution in [0, 0.1) is 5.41 Å². The number of piperidine rings is 1. The van der Waals surface area contributed by atoms with Gasteiger partial charge in [0.25, 0.3) is 0 Å². The molecule has 0 aliphatic carbocycles.